The standard InChI is InChI=1S/C26H33N9O2S/c1-32(2)21-10-15-34(16-11-21)22-7-5-20(6-8-22)30-26-29-17-19-9-14-35(24(19)31-26)18-23-25(28-13-12-27-23)33(3)38(4,36)37/h5-9,12-14,17,21H,10-11,15-16,18H2,1-4H3,(H,29,30,31). The molecule has 0 bridgehead atoms. The van der Waals surface area contributed by atoms with Crippen LogP contribution in [0.5, 0.6) is 0 Å². The van der Waals surface area contributed by atoms with Crippen LogP contribution < -0.4 is 14.5 Å². The van der Waals surface area contributed by atoms with Gasteiger partial charge in [-0.05, 0) is 57.3 Å². The van der Waals surface area contributed by atoms with Crippen LogP contribution in [0, 0.1) is 0 Å². The Balaban J connectivity index is 1.32. The molecular formula is C26H33N9O2S. The molecule has 38 heavy (non-hydrogen) atoms. The summed E-state index contributed by atoms with van der Waals surface area (Å²) in [5, 5.41) is 4.17. The summed E-state index contributed by atoms with van der Waals surface area (Å²) in [5.41, 5.74) is 3.36. The van der Waals surface area contributed by atoms with Gasteiger partial charge in [0.25, 0.3) is 0 Å². The molecule has 1 N–H and O–H groups in total. The molecule has 0 saturated carbocycles. The fraction of sp³-hybridized carbons (Fsp3) is 0.385. The molecule has 1 aromatic carbocycles. The summed E-state index contributed by atoms with van der Waals surface area (Å²) in [4.78, 5) is 22.6. The highest BCUT2D eigenvalue weighted by molar-refractivity contribution is 7.92. The third-order valence-corrected chi connectivity index (χ3v) is 8.22. The van der Waals surface area contributed by atoms with Crippen LogP contribution in [0.15, 0.2) is 55.1 Å². The second kappa shape index (κ2) is 10.5. The average molecular weight is 536 g/mol. The number of hydrogen-bond acceptors (Lipinski definition) is 9. The van der Waals surface area contributed by atoms with Crippen molar-refractivity contribution in [3.63, 3.8) is 0 Å². The molecule has 0 amide bonds. The molecule has 0 spiro atoms. The van der Waals surface area contributed by atoms with Gasteiger partial charge in [0, 0.05) is 67.7 Å². The summed E-state index contributed by atoms with van der Waals surface area (Å²) >= 11 is 0. The molecule has 1 saturated heterocycles. The quantitative estimate of drug-likeness (QED) is 0.364. The SMILES string of the molecule is CN(C)C1CCN(c2ccc(Nc3ncc4ccn(Cc5nccnc5N(C)S(C)(=O)=O)c4n3)cc2)CC1. The van der Waals surface area contributed by atoms with Crippen molar-refractivity contribution < 1.29 is 8.42 Å². The second-order valence-corrected chi connectivity index (χ2v) is 11.8. The lowest BCUT2D eigenvalue weighted by molar-refractivity contribution is 0.249. The molecule has 3 aromatic heterocycles. The van der Waals surface area contributed by atoms with Gasteiger partial charge in [0.15, 0.2) is 5.82 Å². The number of nitrogens with one attached hydrogen (secondary N) is 1. The van der Waals surface area contributed by atoms with Gasteiger partial charge >= 0.3 is 0 Å². The van der Waals surface area contributed by atoms with Crippen LogP contribution in [0.25, 0.3) is 11.0 Å². The molecule has 5 rings (SSSR count). The van der Waals surface area contributed by atoms with E-state index in [9.17, 15) is 8.42 Å². The van der Waals surface area contributed by atoms with Crippen LogP contribution in [0.3, 0.4) is 0 Å². The predicted molar refractivity (Wildman–Crippen MR) is 151 cm³/mol. The third kappa shape index (κ3) is 5.55. The monoisotopic (exact) mass is 535 g/mol. The van der Waals surface area contributed by atoms with Crippen LogP contribution in [0.2, 0.25) is 0 Å². The summed E-state index contributed by atoms with van der Waals surface area (Å²) in [7, 11) is 2.30. The Morgan fingerprint density at radius 1 is 1.00 bits per heavy atom. The molecule has 0 radical (unpaired) electrons. The molecule has 0 atom stereocenters. The van der Waals surface area contributed by atoms with Gasteiger partial charge in [-0.15, -0.1) is 0 Å². The van der Waals surface area contributed by atoms with E-state index in [4.69, 9.17) is 4.98 Å². The Kier molecular flexibility index (Phi) is 7.17. The first-order valence-electron chi connectivity index (χ1n) is 12.5. The zero-order valence-electron chi connectivity index (χ0n) is 22.1. The zero-order chi connectivity index (χ0) is 26.9. The highest BCUT2D eigenvalue weighted by Crippen LogP contribution is 2.25. The van der Waals surface area contributed by atoms with Gasteiger partial charge in [-0.2, -0.15) is 4.98 Å². The largest absolute Gasteiger partial charge is 0.371 e. The Morgan fingerprint density at radius 2 is 1.71 bits per heavy atom. The first-order chi connectivity index (χ1) is 18.2. The minimum atomic E-state index is -3.48. The summed E-state index contributed by atoms with van der Waals surface area (Å²) in [6.45, 7) is 2.42. The van der Waals surface area contributed by atoms with E-state index in [1.54, 1.807) is 12.4 Å². The third-order valence-electron chi connectivity index (χ3n) is 7.05. The van der Waals surface area contributed by atoms with E-state index < -0.39 is 10.0 Å². The van der Waals surface area contributed by atoms with E-state index in [1.807, 2.05) is 29.0 Å². The zero-order valence-corrected chi connectivity index (χ0v) is 22.9. The van der Waals surface area contributed by atoms with Crippen molar-refractivity contribution in [3.05, 3.63) is 60.8 Å². The molecule has 4 aromatic rings. The number of rotatable bonds is 8. The Labute approximate surface area is 223 Å². The van der Waals surface area contributed by atoms with E-state index in [-0.39, 0.29) is 5.82 Å². The number of sulfonamides is 1. The first kappa shape index (κ1) is 25.9. The summed E-state index contributed by atoms with van der Waals surface area (Å²) in [5.74, 6) is 0.764. The smallest absolute Gasteiger partial charge is 0.233 e. The molecule has 1 aliphatic rings. The lowest BCUT2D eigenvalue weighted by Gasteiger charge is -2.36. The minimum absolute atomic E-state index is 0.287. The maximum atomic E-state index is 12.1. The molecular weight excluding hydrogens is 502 g/mol. The van der Waals surface area contributed by atoms with Gasteiger partial charge in [0.2, 0.25) is 16.0 Å². The van der Waals surface area contributed by atoms with Gasteiger partial charge in [-0.1, -0.05) is 0 Å². The topological polar surface area (TPSA) is 112 Å². The van der Waals surface area contributed by atoms with Crippen molar-refractivity contribution in [2.75, 3.05) is 55.0 Å². The average Bonchev–Trinajstić information content (AvgIpc) is 3.30. The number of fused-ring (bicyclic) bond motifs is 1. The van der Waals surface area contributed by atoms with Gasteiger partial charge in [0.1, 0.15) is 11.3 Å². The molecule has 1 fully saturated rings. The maximum absolute atomic E-state index is 12.1. The minimum Gasteiger partial charge on any atom is -0.371 e. The van der Waals surface area contributed by atoms with E-state index >= 15 is 0 Å². The van der Waals surface area contributed by atoms with E-state index in [0.717, 1.165) is 34.7 Å². The Bertz CT molecular complexity index is 1510. The predicted octanol–water partition coefficient (Wildman–Crippen LogP) is 2.94. The van der Waals surface area contributed by atoms with E-state index in [2.05, 4.69) is 56.3 Å². The number of nitrogens with zero attached hydrogens (tertiary/aromatic N) is 8. The van der Waals surface area contributed by atoms with E-state index in [1.165, 1.54) is 31.8 Å². The summed E-state index contributed by atoms with van der Waals surface area (Å²) < 4.78 is 27.2. The normalized spacial score (nSPS) is 14.8. The summed E-state index contributed by atoms with van der Waals surface area (Å²) in [6, 6.07) is 10.9. The lowest BCUT2D eigenvalue weighted by atomic mass is 10.0. The van der Waals surface area contributed by atoms with Crippen molar-refractivity contribution in [3.8, 4) is 0 Å². The fourth-order valence-corrected chi connectivity index (χ4v) is 5.20. The highest BCUT2D eigenvalue weighted by atomic mass is 32.2. The maximum Gasteiger partial charge on any atom is 0.233 e. The molecule has 0 unspecified atom stereocenters. The Morgan fingerprint density at radius 3 is 2.39 bits per heavy atom. The van der Waals surface area contributed by atoms with Crippen molar-refractivity contribution in [2.24, 2.45) is 0 Å². The van der Waals surface area contributed by atoms with Crippen molar-refractivity contribution in [2.45, 2.75) is 25.4 Å². The number of benzene rings is 1. The van der Waals surface area contributed by atoms with Gasteiger partial charge in [-0.25, -0.2) is 18.4 Å². The first-order valence-corrected chi connectivity index (χ1v) is 14.4. The fourth-order valence-electron chi connectivity index (χ4n) is 4.74. The molecule has 4 heterocycles. The van der Waals surface area contributed by atoms with Crippen LogP contribution in [0.1, 0.15) is 18.5 Å². The van der Waals surface area contributed by atoms with E-state index in [0.29, 0.717) is 29.9 Å². The summed E-state index contributed by atoms with van der Waals surface area (Å²) in [6.07, 6.45) is 10.2. The van der Waals surface area contributed by atoms with Crippen LogP contribution in [0.4, 0.5) is 23.1 Å². The Hall–Kier alpha value is -3.77. The second-order valence-electron chi connectivity index (χ2n) is 9.83. The van der Waals surface area contributed by atoms with Crippen molar-refractivity contribution in [1.82, 2.24) is 29.4 Å². The van der Waals surface area contributed by atoms with Crippen molar-refractivity contribution in [1.29, 1.82) is 0 Å². The van der Waals surface area contributed by atoms with Crippen LogP contribution in [-0.2, 0) is 16.6 Å². The molecule has 200 valence electrons. The van der Waals surface area contributed by atoms with Gasteiger partial charge in [-0.3, -0.25) is 9.29 Å². The number of aromatic nitrogens is 5. The van der Waals surface area contributed by atoms with Gasteiger partial charge in [0.05, 0.1) is 12.8 Å². The van der Waals surface area contributed by atoms with Crippen LogP contribution in [-0.4, -0.2) is 84.4 Å². The molecule has 1 aliphatic heterocycles. The number of hydrogen-bond donors (Lipinski definition) is 1. The number of piperidine rings is 1. The highest BCUT2D eigenvalue weighted by Gasteiger charge is 2.21. The van der Waals surface area contributed by atoms with Gasteiger partial charge < -0.3 is 19.7 Å². The molecule has 0 aliphatic carbocycles. The van der Waals surface area contributed by atoms with Crippen LogP contribution >= 0.6 is 0 Å². The number of anilines is 4. The lowest BCUT2D eigenvalue weighted by Crippen LogP contribution is -2.41. The molecule has 12 heteroatoms. The molecule has 11 nitrogen and oxygen atoms in total. The van der Waals surface area contributed by atoms with Crippen molar-refractivity contribution >= 4 is 44.2 Å².